The fourth-order valence-electron chi connectivity index (χ4n) is 2.79. The highest BCUT2D eigenvalue weighted by molar-refractivity contribution is 5.75. The predicted octanol–water partition coefficient (Wildman–Crippen LogP) is 1.47. The standard InChI is InChI=1S/C19H19N5O3/c25-18(13-24-22-19(21-23-24)15-4-2-1-3-5-15)20-9-8-14-6-7-16-17(12-14)27-11-10-26-16/h1-7,12H,8-11,13H2,(H,20,25). The average Bonchev–Trinajstić information content (AvgIpc) is 3.17. The largest absolute Gasteiger partial charge is 0.486 e. The molecular formula is C19H19N5O3. The summed E-state index contributed by atoms with van der Waals surface area (Å²) in [5.74, 6) is 1.86. The molecule has 27 heavy (non-hydrogen) atoms. The van der Waals surface area contributed by atoms with E-state index in [0.29, 0.717) is 32.0 Å². The molecule has 8 nitrogen and oxygen atoms in total. The number of aromatic nitrogens is 4. The number of fused-ring (bicyclic) bond motifs is 1. The normalized spacial score (nSPS) is 12.6. The van der Waals surface area contributed by atoms with Gasteiger partial charge in [-0.1, -0.05) is 36.4 Å². The van der Waals surface area contributed by atoms with Crippen LogP contribution in [0.2, 0.25) is 0 Å². The minimum atomic E-state index is -0.162. The Bertz CT molecular complexity index is 926. The Balaban J connectivity index is 1.27. The Morgan fingerprint density at radius 2 is 1.89 bits per heavy atom. The van der Waals surface area contributed by atoms with E-state index in [1.54, 1.807) is 0 Å². The lowest BCUT2D eigenvalue weighted by Gasteiger charge is -2.18. The first kappa shape index (κ1) is 17.0. The zero-order valence-corrected chi connectivity index (χ0v) is 14.7. The zero-order valence-electron chi connectivity index (χ0n) is 14.7. The van der Waals surface area contributed by atoms with Gasteiger partial charge in [0.1, 0.15) is 19.8 Å². The summed E-state index contributed by atoms with van der Waals surface area (Å²) in [5.41, 5.74) is 1.94. The van der Waals surface area contributed by atoms with E-state index in [4.69, 9.17) is 9.47 Å². The van der Waals surface area contributed by atoms with E-state index in [0.717, 1.165) is 22.6 Å². The van der Waals surface area contributed by atoms with Crippen LogP contribution in [0.4, 0.5) is 0 Å². The van der Waals surface area contributed by atoms with Crippen molar-refractivity contribution in [3.8, 4) is 22.9 Å². The van der Waals surface area contributed by atoms with Crippen LogP contribution in [0.15, 0.2) is 48.5 Å². The summed E-state index contributed by atoms with van der Waals surface area (Å²) in [6.45, 7) is 1.67. The van der Waals surface area contributed by atoms with Gasteiger partial charge in [-0.25, -0.2) is 0 Å². The molecule has 1 amide bonds. The summed E-state index contributed by atoms with van der Waals surface area (Å²) in [6, 6.07) is 15.3. The second-order valence-corrected chi connectivity index (χ2v) is 6.09. The van der Waals surface area contributed by atoms with Crippen LogP contribution in [0.3, 0.4) is 0 Å². The van der Waals surface area contributed by atoms with Gasteiger partial charge in [-0.2, -0.15) is 4.80 Å². The summed E-state index contributed by atoms with van der Waals surface area (Å²) < 4.78 is 11.1. The number of rotatable bonds is 6. The van der Waals surface area contributed by atoms with Gasteiger partial charge in [0.05, 0.1) is 0 Å². The molecule has 0 fully saturated rings. The van der Waals surface area contributed by atoms with E-state index >= 15 is 0 Å². The summed E-state index contributed by atoms with van der Waals surface area (Å²) in [7, 11) is 0. The maximum absolute atomic E-state index is 12.1. The molecular weight excluding hydrogens is 346 g/mol. The molecule has 2 aromatic carbocycles. The van der Waals surface area contributed by atoms with E-state index in [1.165, 1.54) is 4.80 Å². The minimum absolute atomic E-state index is 0.0287. The Morgan fingerprint density at radius 1 is 1.07 bits per heavy atom. The third-order valence-corrected chi connectivity index (χ3v) is 4.11. The second kappa shape index (κ2) is 7.86. The van der Waals surface area contributed by atoms with Crippen molar-refractivity contribution in [1.29, 1.82) is 0 Å². The Kier molecular flexibility index (Phi) is 4.95. The molecule has 8 heteroatoms. The van der Waals surface area contributed by atoms with Crippen molar-refractivity contribution in [2.45, 2.75) is 13.0 Å². The number of hydrogen-bond donors (Lipinski definition) is 1. The Morgan fingerprint density at radius 3 is 2.74 bits per heavy atom. The number of nitrogens with one attached hydrogen (secondary N) is 1. The lowest BCUT2D eigenvalue weighted by molar-refractivity contribution is -0.122. The van der Waals surface area contributed by atoms with Gasteiger partial charge in [0.25, 0.3) is 0 Å². The van der Waals surface area contributed by atoms with Crippen LogP contribution in [-0.4, -0.2) is 45.9 Å². The third-order valence-electron chi connectivity index (χ3n) is 4.11. The van der Waals surface area contributed by atoms with Crippen LogP contribution in [0.25, 0.3) is 11.4 Å². The Labute approximate surface area is 156 Å². The van der Waals surface area contributed by atoms with Gasteiger partial charge in [0, 0.05) is 12.1 Å². The van der Waals surface area contributed by atoms with Gasteiger partial charge in [0.2, 0.25) is 11.7 Å². The highest BCUT2D eigenvalue weighted by Crippen LogP contribution is 2.30. The molecule has 1 aromatic heterocycles. The summed E-state index contributed by atoms with van der Waals surface area (Å²) in [4.78, 5) is 13.4. The smallest absolute Gasteiger partial charge is 0.243 e. The van der Waals surface area contributed by atoms with E-state index in [2.05, 4.69) is 20.7 Å². The van der Waals surface area contributed by atoms with Crippen molar-refractivity contribution in [3.05, 3.63) is 54.1 Å². The predicted molar refractivity (Wildman–Crippen MR) is 97.4 cm³/mol. The molecule has 0 aliphatic carbocycles. The van der Waals surface area contributed by atoms with Gasteiger partial charge in [-0.05, 0) is 29.3 Å². The van der Waals surface area contributed by atoms with Gasteiger partial charge < -0.3 is 14.8 Å². The maximum Gasteiger partial charge on any atom is 0.243 e. The fraction of sp³-hybridized carbons (Fsp3) is 0.263. The van der Waals surface area contributed by atoms with Crippen LogP contribution < -0.4 is 14.8 Å². The van der Waals surface area contributed by atoms with E-state index < -0.39 is 0 Å². The van der Waals surface area contributed by atoms with E-state index in [1.807, 2.05) is 48.5 Å². The van der Waals surface area contributed by atoms with Gasteiger partial charge in [-0.15, -0.1) is 10.2 Å². The average molecular weight is 365 g/mol. The number of hydrogen-bond acceptors (Lipinski definition) is 6. The molecule has 3 aromatic rings. The fourth-order valence-corrected chi connectivity index (χ4v) is 2.79. The first-order valence-electron chi connectivity index (χ1n) is 8.76. The monoisotopic (exact) mass is 365 g/mol. The molecule has 1 aliphatic heterocycles. The molecule has 0 bridgehead atoms. The number of nitrogens with zero attached hydrogens (tertiary/aromatic N) is 4. The van der Waals surface area contributed by atoms with Crippen molar-refractivity contribution < 1.29 is 14.3 Å². The third kappa shape index (κ3) is 4.22. The van der Waals surface area contributed by atoms with Gasteiger partial charge in [-0.3, -0.25) is 4.79 Å². The van der Waals surface area contributed by atoms with Crippen LogP contribution >= 0.6 is 0 Å². The molecule has 0 spiro atoms. The molecule has 0 saturated carbocycles. The van der Waals surface area contributed by atoms with Crippen molar-refractivity contribution in [3.63, 3.8) is 0 Å². The van der Waals surface area contributed by atoms with E-state index in [-0.39, 0.29) is 12.5 Å². The number of carbonyl (C=O) groups excluding carboxylic acids is 1. The lowest BCUT2D eigenvalue weighted by atomic mass is 10.1. The van der Waals surface area contributed by atoms with Crippen LogP contribution in [0, 0.1) is 0 Å². The lowest BCUT2D eigenvalue weighted by Crippen LogP contribution is -2.30. The zero-order chi connectivity index (χ0) is 18.5. The highest BCUT2D eigenvalue weighted by atomic mass is 16.6. The summed E-state index contributed by atoms with van der Waals surface area (Å²) >= 11 is 0. The van der Waals surface area contributed by atoms with Crippen LogP contribution in [0.5, 0.6) is 11.5 Å². The highest BCUT2D eigenvalue weighted by Gasteiger charge is 2.12. The van der Waals surface area contributed by atoms with Crippen molar-refractivity contribution in [2.75, 3.05) is 19.8 Å². The van der Waals surface area contributed by atoms with Gasteiger partial charge in [0.15, 0.2) is 11.5 Å². The van der Waals surface area contributed by atoms with Crippen LogP contribution in [0.1, 0.15) is 5.56 Å². The SMILES string of the molecule is O=C(Cn1nnc(-c2ccccc2)n1)NCCc1ccc2c(c1)OCCO2. The van der Waals surface area contributed by atoms with Crippen molar-refractivity contribution in [1.82, 2.24) is 25.5 Å². The summed E-state index contributed by atoms with van der Waals surface area (Å²) in [5, 5.41) is 15.0. The quantitative estimate of drug-likeness (QED) is 0.711. The molecule has 0 atom stereocenters. The molecule has 4 rings (SSSR count). The first-order valence-corrected chi connectivity index (χ1v) is 8.76. The van der Waals surface area contributed by atoms with Crippen LogP contribution in [-0.2, 0) is 17.8 Å². The number of carbonyl (C=O) groups is 1. The topological polar surface area (TPSA) is 91.2 Å². The molecule has 1 aliphatic rings. The number of amides is 1. The number of benzene rings is 2. The molecule has 138 valence electrons. The molecule has 0 unspecified atom stereocenters. The van der Waals surface area contributed by atoms with E-state index in [9.17, 15) is 4.79 Å². The van der Waals surface area contributed by atoms with Gasteiger partial charge >= 0.3 is 0 Å². The molecule has 0 radical (unpaired) electrons. The maximum atomic E-state index is 12.1. The summed E-state index contributed by atoms with van der Waals surface area (Å²) in [6.07, 6.45) is 0.697. The molecule has 2 heterocycles. The Hall–Kier alpha value is -3.42. The number of ether oxygens (including phenoxy) is 2. The van der Waals surface area contributed by atoms with Crippen molar-refractivity contribution >= 4 is 5.91 Å². The molecule has 1 N–H and O–H groups in total. The second-order valence-electron chi connectivity index (χ2n) is 6.09. The molecule has 0 saturated heterocycles. The van der Waals surface area contributed by atoms with Crippen molar-refractivity contribution in [2.24, 2.45) is 0 Å². The first-order chi connectivity index (χ1) is 13.3. The minimum Gasteiger partial charge on any atom is -0.486 e. The number of tetrazole rings is 1.